The molecule has 0 aliphatic carbocycles. The van der Waals surface area contributed by atoms with Crippen LogP contribution >= 0.6 is 0 Å². The summed E-state index contributed by atoms with van der Waals surface area (Å²) in [6.45, 7) is 5.84. The number of hydrogen-bond acceptors (Lipinski definition) is 6. The molecule has 7 nitrogen and oxygen atoms in total. The molecule has 0 fully saturated rings. The summed E-state index contributed by atoms with van der Waals surface area (Å²) in [6, 6.07) is 3.64. The number of carbonyl (C=O) groups is 1. The van der Waals surface area contributed by atoms with Crippen molar-refractivity contribution in [2.75, 3.05) is 20.3 Å². The van der Waals surface area contributed by atoms with Crippen LogP contribution in [0.15, 0.2) is 25.8 Å². The van der Waals surface area contributed by atoms with Crippen LogP contribution in [-0.4, -0.2) is 37.4 Å². The molecular formula is C20H23NO6. The predicted octanol–water partition coefficient (Wildman–Crippen LogP) is 2.13. The van der Waals surface area contributed by atoms with E-state index in [0.717, 1.165) is 22.1 Å². The summed E-state index contributed by atoms with van der Waals surface area (Å²) in [6.07, 6.45) is -0.917. The molecule has 0 saturated carbocycles. The Balaban J connectivity index is 1.94. The van der Waals surface area contributed by atoms with Crippen molar-refractivity contribution in [1.82, 2.24) is 5.32 Å². The molecule has 0 bridgehead atoms. The Bertz CT molecular complexity index is 1060. The summed E-state index contributed by atoms with van der Waals surface area (Å²) < 4.78 is 15.9. The number of hydrogen-bond donors (Lipinski definition) is 2. The van der Waals surface area contributed by atoms with Crippen molar-refractivity contribution in [1.29, 1.82) is 0 Å². The van der Waals surface area contributed by atoms with Gasteiger partial charge in [-0.2, -0.15) is 0 Å². The number of carbonyl (C=O) groups excluding carboxylic acids is 1. The summed E-state index contributed by atoms with van der Waals surface area (Å²) in [5.74, 6) is 0.450. The zero-order valence-electron chi connectivity index (χ0n) is 15.8. The average molecular weight is 373 g/mol. The first kappa shape index (κ1) is 19.1. The van der Waals surface area contributed by atoms with Crippen molar-refractivity contribution in [3.8, 4) is 0 Å². The average Bonchev–Trinajstić information content (AvgIpc) is 2.89. The van der Waals surface area contributed by atoms with Crippen molar-refractivity contribution in [3.05, 3.63) is 45.0 Å². The lowest BCUT2D eigenvalue weighted by Gasteiger charge is -2.11. The van der Waals surface area contributed by atoms with Gasteiger partial charge in [-0.25, -0.2) is 4.79 Å². The number of aliphatic hydroxyl groups excluding tert-OH is 1. The Hall–Kier alpha value is -2.64. The van der Waals surface area contributed by atoms with Gasteiger partial charge in [0.25, 0.3) is 0 Å². The number of aliphatic hydroxyl groups is 1. The minimum absolute atomic E-state index is 0.0543. The number of furan rings is 1. The monoisotopic (exact) mass is 373 g/mol. The van der Waals surface area contributed by atoms with E-state index in [1.807, 2.05) is 19.9 Å². The highest BCUT2D eigenvalue weighted by Crippen LogP contribution is 2.30. The fraction of sp³-hybridized carbons (Fsp3) is 0.400. The Morgan fingerprint density at radius 2 is 1.81 bits per heavy atom. The largest absolute Gasteiger partial charge is 0.461 e. The Morgan fingerprint density at radius 3 is 2.52 bits per heavy atom. The fourth-order valence-corrected chi connectivity index (χ4v) is 3.14. The zero-order chi connectivity index (χ0) is 19.7. The van der Waals surface area contributed by atoms with Gasteiger partial charge < -0.3 is 24.0 Å². The van der Waals surface area contributed by atoms with E-state index in [4.69, 9.17) is 13.6 Å². The molecule has 3 aromatic rings. The normalized spacial score (nSPS) is 12.6. The van der Waals surface area contributed by atoms with Crippen LogP contribution in [-0.2, 0) is 16.0 Å². The highest BCUT2D eigenvalue weighted by Gasteiger charge is 2.18. The van der Waals surface area contributed by atoms with Gasteiger partial charge in [0.05, 0.1) is 24.7 Å². The number of nitrogens with one attached hydrogen (secondary N) is 1. The van der Waals surface area contributed by atoms with Gasteiger partial charge in [0, 0.05) is 30.5 Å². The fourth-order valence-electron chi connectivity index (χ4n) is 3.14. The number of fused-ring (bicyclic) bond motifs is 2. The van der Waals surface area contributed by atoms with E-state index in [1.165, 1.54) is 7.11 Å². The van der Waals surface area contributed by atoms with E-state index >= 15 is 0 Å². The minimum atomic E-state index is -0.798. The Kier molecular flexibility index (Phi) is 5.34. The lowest BCUT2D eigenvalue weighted by Crippen LogP contribution is -2.36. The quantitative estimate of drug-likeness (QED) is 0.642. The standard InChI is InChI=1S/C20H23NO6/c1-10-12(3)26-17-7-18-15(5-14(10)17)11(2)16(20(24)27-18)6-19(23)21-8-13(22)9-25-4/h5,7,13,22H,6,8-9H2,1-4H3,(H,21,23)/t13-/m1/s1. The molecule has 3 rings (SSSR count). The number of rotatable bonds is 6. The van der Waals surface area contributed by atoms with Gasteiger partial charge in [0.1, 0.15) is 16.9 Å². The van der Waals surface area contributed by atoms with Crippen LogP contribution in [0.3, 0.4) is 0 Å². The van der Waals surface area contributed by atoms with Gasteiger partial charge in [-0.05, 0) is 38.0 Å². The molecule has 2 N–H and O–H groups in total. The van der Waals surface area contributed by atoms with Crippen LogP contribution in [0.5, 0.6) is 0 Å². The highest BCUT2D eigenvalue weighted by molar-refractivity contribution is 5.97. The Labute approximate surface area is 155 Å². The van der Waals surface area contributed by atoms with E-state index in [2.05, 4.69) is 5.32 Å². The summed E-state index contributed by atoms with van der Waals surface area (Å²) in [5.41, 5.74) is 2.58. The van der Waals surface area contributed by atoms with Crippen molar-refractivity contribution < 1.29 is 23.5 Å². The molecule has 0 unspecified atom stereocenters. The van der Waals surface area contributed by atoms with Gasteiger partial charge in [-0.1, -0.05) is 0 Å². The molecular weight excluding hydrogens is 350 g/mol. The van der Waals surface area contributed by atoms with Gasteiger partial charge in [-0.15, -0.1) is 0 Å². The van der Waals surface area contributed by atoms with E-state index in [1.54, 1.807) is 13.0 Å². The van der Waals surface area contributed by atoms with Crippen LogP contribution in [0, 0.1) is 20.8 Å². The maximum absolute atomic E-state index is 12.4. The van der Waals surface area contributed by atoms with Crippen LogP contribution in [0.1, 0.15) is 22.5 Å². The third-order valence-electron chi connectivity index (χ3n) is 4.81. The minimum Gasteiger partial charge on any atom is -0.461 e. The van der Waals surface area contributed by atoms with Gasteiger partial charge in [-0.3, -0.25) is 4.79 Å². The molecule has 7 heteroatoms. The second kappa shape index (κ2) is 7.54. The molecule has 2 heterocycles. The molecule has 0 aliphatic rings. The first-order valence-electron chi connectivity index (χ1n) is 8.71. The summed E-state index contributed by atoms with van der Waals surface area (Å²) >= 11 is 0. The lowest BCUT2D eigenvalue weighted by molar-refractivity contribution is -0.121. The number of ether oxygens (including phenoxy) is 1. The molecule has 0 radical (unpaired) electrons. The van der Waals surface area contributed by atoms with Crippen molar-refractivity contribution in [3.63, 3.8) is 0 Å². The molecule has 0 aliphatic heterocycles. The third kappa shape index (κ3) is 3.74. The topological polar surface area (TPSA) is 102 Å². The second-order valence-corrected chi connectivity index (χ2v) is 6.71. The molecule has 144 valence electrons. The van der Waals surface area contributed by atoms with Crippen LogP contribution in [0.4, 0.5) is 0 Å². The van der Waals surface area contributed by atoms with E-state index in [-0.39, 0.29) is 25.5 Å². The van der Waals surface area contributed by atoms with E-state index in [9.17, 15) is 14.7 Å². The van der Waals surface area contributed by atoms with Crippen LogP contribution in [0.25, 0.3) is 21.9 Å². The van der Waals surface area contributed by atoms with Crippen LogP contribution in [0.2, 0.25) is 0 Å². The van der Waals surface area contributed by atoms with Gasteiger partial charge >= 0.3 is 5.63 Å². The smallest absolute Gasteiger partial charge is 0.340 e. The highest BCUT2D eigenvalue weighted by atomic mass is 16.5. The molecule has 1 atom stereocenters. The predicted molar refractivity (Wildman–Crippen MR) is 101 cm³/mol. The van der Waals surface area contributed by atoms with Gasteiger partial charge in [0.15, 0.2) is 0 Å². The SMILES string of the molecule is COC[C@H](O)CNC(=O)Cc1c(C)c2cc3c(C)c(C)oc3cc2oc1=O. The first-order valence-corrected chi connectivity index (χ1v) is 8.71. The maximum atomic E-state index is 12.4. The zero-order valence-corrected chi connectivity index (χ0v) is 15.8. The van der Waals surface area contributed by atoms with Crippen molar-refractivity contribution in [2.45, 2.75) is 33.3 Å². The maximum Gasteiger partial charge on any atom is 0.340 e. The molecule has 0 spiro atoms. The van der Waals surface area contributed by atoms with Crippen molar-refractivity contribution in [2.24, 2.45) is 0 Å². The molecule has 1 aromatic carbocycles. The van der Waals surface area contributed by atoms with Gasteiger partial charge in [0.2, 0.25) is 5.91 Å². The number of amides is 1. The lowest BCUT2D eigenvalue weighted by atomic mass is 10.0. The van der Waals surface area contributed by atoms with E-state index in [0.29, 0.717) is 22.3 Å². The van der Waals surface area contributed by atoms with E-state index < -0.39 is 11.7 Å². The molecule has 1 amide bonds. The first-order chi connectivity index (χ1) is 12.8. The Morgan fingerprint density at radius 1 is 1.15 bits per heavy atom. The summed E-state index contributed by atoms with van der Waals surface area (Å²) in [5, 5.41) is 13.9. The number of benzene rings is 1. The van der Waals surface area contributed by atoms with Crippen molar-refractivity contribution >= 4 is 27.8 Å². The number of methoxy groups -OCH3 is 1. The number of aryl methyl sites for hydroxylation is 3. The van der Waals surface area contributed by atoms with Crippen LogP contribution < -0.4 is 10.9 Å². The summed E-state index contributed by atoms with van der Waals surface area (Å²) in [7, 11) is 1.47. The molecule has 0 saturated heterocycles. The second-order valence-electron chi connectivity index (χ2n) is 6.71. The molecule has 27 heavy (non-hydrogen) atoms. The third-order valence-corrected chi connectivity index (χ3v) is 4.81. The molecule has 2 aromatic heterocycles. The summed E-state index contributed by atoms with van der Waals surface area (Å²) in [4.78, 5) is 24.6.